The number of hydrogen-bond donors (Lipinski definition) is 1. The number of halogens is 2. The molecule has 0 aliphatic carbocycles. The zero-order valence-corrected chi connectivity index (χ0v) is 8.86. The molecule has 0 aliphatic rings. The quantitative estimate of drug-likeness (QED) is 0.891. The first-order valence-corrected chi connectivity index (χ1v) is 4.97. The first-order chi connectivity index (χ1) is 8.20. The maximum Gasteiger partial charge on any atom is 0.256 e. The second kappa shape index (κ2) is 4.88. The number of benzene rings is 1. The lowest BCUT2D eigenvalue weighted by Crippen LogP contribution is -2.00. The summed E-state index contributed by atoms with van der Waals surface area (Å²) in [6, 6.07) is 7.65. The normalized spacial score (nSPS) is 10.3. The van der Waals surface area contributed by atoms with Crippen molar-refractivity contribution in [3.63, 3.8) is 0 Å². The van der Waals surface area contributed by atoms with Gasteiger partial charge in [-0.15, -0.1) is 0 Å². The van der Waals surface area contributed by atoms with Gasteiger partial charge in [0.1, 0.15) is 11.6 Å². The summed E-state index contributed by atoms with van der Waals surface area (Å²) < 4.78 is 31.2. The summed E-state index contributed by atoms with van der Waals surface area (Å²) in [6.07, 6.45) is 0.892. The van der Waals surface area contributed by atoms with Crippen molar-refractivity contribution in [1.82, 2.24) is 4.98 Å². The summed E-state index contributed by atoms with van der Waals surface area (Å²) in [7, 11) is 0. The number of pyridine rings is 1. The Hall–Kier alpha value is -2.01. The lowest BCUT2D eigenvalue weighted by molar-refractivity contribution is 0.413. The lowest BCUT2D eigenvalue weighted by Gasteiger charge is -2.09. The second-order valence-corrected chi connectivity index (χ2v) is 3.35. The van der Waals surface area contributed by atoms with Gasteiger partial charge in [0.2, 0.25) is 0 Å². The van der Waals surface area contributed by atoms with Crippen LogP contribution in [0.5, 0.6) is 11.6 Å². The average Bonchev–Trinajstić information content (AvgIpc) is 2.33. The van der Waals surface area contributed by atoms with Crippen molar-refractivity contribution in [2.24, 2.45) is 5.73 Å². The Bertz CT molecular complexity index is 532. The van der Waals surface area contributed by atoms with Crippen LogP contribution in [0.25, 0.3) is 0 Å². The Morgan fingerprint density at radius 1 is 1.24 bits per heavy atom. The highest BCUT2D eigenvalue weighted by atomic mass is 19.1. The molecule has 0 saturated heterocycles. The van der Waals surface area contributed by atoms with Crippen molar-refractivity contribution in [2.45, 2.75) is 6.54 Å². The van der Waals surface area contributed by atoms with Gasteiger partial charge in [-0.1, -0.05) is 18.2 Å². The maximum absolute atomic E-state index is 13.3. The molecule has 1 aromatic carbocycles. The standard InChI is InChI=1S/C12H10F2N2O/c13-9-5-10(14)12(16-7-9)17-11-4-2-1-3-8(11)6-15/h1-5,7H,6,15H2. The third kappa shape index (κ3) is 2.57. The van der Waals surface area contributed by atoms with Crippen molar-refractivity contribution < 1.29 is 13.5 Å². The van der Waals surface area contributed by atoms with Crippen molar-refractivity contribution in [3.05, 3.63) is 53.7 Å². The highest BCUT2D eigenvalue weighted by molar-refractivity contribution is 5.36. The number of para-hydroxylation sites is 1. The van der Waals surface area contributed by atoms with Crippen LogP contribution >= 0.6 is 0 Å². The molecule has 0 fully saturated rings. The molecule has 0 unspecified atom stereocenters. The van der Waals surface area contributed by atoms with Gasteiger partial charge in [0, 0.05) is 18.2 Å². The molecule has 0 radical (unpaired) electrons. The summed E-state index contributed by atoms with van der Waals surface area (Å²) in [5.74, 6) is -1.46. The third-order valence-corrected chi connectivity index (χ3v) is 2.17. The van der Waals surface area contributed by atoms with Crippen LogP contribution < -0.4 is 10.5 Å². The van der Waals surface area contributed by atoms with Gasteiger partial charge in [-0.3, -0.25) is 0 Å². The number of hydrogen-bond acceptors (Lipinski definition) is 3. The van der Waals surface area contributed by atoms with Gasteiger partial charge < -0.3 is 10.5 Å². The van der Waals surface area contributed by atoms with E-state index >= 15 is 0 Å². The van der Waals surface area contributed by atoms with Gasteiger partial charge in [0.15, 0.2) is 5.82 Å². The van der Waals surface area contributed by atoms with Gasteiger partial charge in [-0.2, -0.15) is 0 Å². The fourth-order valence-corrected chi connectivity index (χ4v) is 1.35. The molecule has 3 nitrogen and oxygen atoms in total. The first-order valence-electron chi connectivity index (χ1n) is 4.97. The van der Waals surface area contributed by atoms with Gasteiger partial charge in [0.05, 0.1) is 6.20 Å². The number of ether oxygens (including phenoxy) is 1. The van der Waals surface area contributed by atoms with E-state index in [1.165, 1.54) is 0 Å². The molecule has 0 saturated carbocycles. The molecule has 2 rings (SSSR count). The van der Waals surface area contributed by atoms with Crippen LogP contribution in [0.1, 0.15) is 5.56 Å². The Labute approximate surface area is 96.9 Å². The predicted octanol–water partition coefficient (Wildman–Crippen LogP) is 2.61. The smallest absolute Gasteiger partial charge is 0.256 e. The summed E-state index contributed by atoms with van der Waals surface area (Å²) >= 11 is 0. The van der Waals surface area contributed by atoms with Crippen molar-refractivity contribution in [2.75, 3.05) is 0 Å². The minimum Gasteiger partial charge on any atom is -0.436 e. The molecule has 5 heteroatoms. The van der Waals surface area contributed by atoms with Crippen molar-refractivity contribution >= 4 is 0 Å². The van der Waals surface area contributed by atoms with Crippen LogP contribution in [0.15, 0.2) is 36.5 Å². The molecular formula is C12H10F2N2O. The molecule has 88 valence electrons. The van der Waals surface area contributed by atoms with Crippen LogP contribution in [0.3, 0.4) is 0 Å². The topological polar surface area (TPSA) is 48.1 Å². The van der Waals surface area contributed by atoms with E-state index in [0.29, 0.717) is 11.8 Å². The highest BCUT2D eigenvalue weighted by Crippen LogP contribution is 2.25. The zero-order valence-electron chi connectivity index (χ0n) is 8.86. The Morgan fingerprint density at radius 2 is 2.00 bits per heavy atom. The zero-order chi connectivity index (χ0) is 12.3. The lowest BCUT2D eigenvalue weighted by atomic mass is 10.2. The predicted molar refractivity (Wildman–Crippen MR) is 58.6 cm³/mol. The molecule has 2 N–H and O–H groups in total. The molecule has 0 amide bonds. The van der Waals surface area contributed by atoms with E-state index in [0.717, 1.165) is 11.8 Å². The molecule has 2 aromatic rings. The molecule has 0 spiro atoms. The summed E-state index contributed by atoms with van der Waals surface area (Å²) in [4.78, 5) is 3.54. The summed E-state index contributed by atoms with van der Waals surface area (Å²) in [5.41, 5.74) is 6.23. The van der Waals surface area contributed by atoms with Crippen LogP contribution in [0, 0.1) is 11.6 Å². The SMILES string of the molecule is NCc1ccccc1Oc1ncc(F)cc1F. The Kier molecular flexibility index (Phi) is 3.30. The van der Waals surface area contributed by atoms with E-state index in [-0.39, 0.29) is 12.4 Å². The van der Waals surface area contributed by atoms with Gasteiger partial charge >= 0.3 is 0 Å². The molecule has 0 aliphatic heterocycles. The fourth-order valence-electron chi connectivity index (χ4n) is 1.35. The number of nitrogens with two attached hydrogens (primary N) is 1. The van der Waals surface area contributed by atoms with Crippen LogP contribution in [0.4, 0.5) is 8.78 Å². The van der Waals surface area contributed by atoms with E-state index < -0.39 is 11.6 Å². The summed E-state index contributed by atoms with van der Waals surface area (Å²) in [5, 5.41) is 0. The molecule has 17 heavy (non-hydrogen) atoms. The van der Waals surface area contributed by atoms with Gasteiger partial charge in [-0.25, -0.2) is 13.8 Å². The van der Waals surface area contributed by atoms with E-state index in [9.17, 15) is 8.78 Å². The van der Waals surface area contributed by atoms with Gasteiger partial charge in [-0.05, 0) is 6.07 Å². The van der Waals surface area contributed by atoms with E-state index in [4.69, 9.17) is 10.5 Å². The number of rotatable bonds is 3. The fraction of sp³-hybridized carbons (Fsp3) is 0.0833. The monoisotopic (exact) mass is 236 g/mol. The molecule has 0 bridgehead atoms. The Balaban J connectivity index is 2.31. The maximum atomic E-state index is 13.3. The van der Waals surface area contributed by atoms with Gasteiger partial charge in [0.25, 0.3) is 5.88 Å². The van der Waals surface area contributed by atoms with Crippen molar-refractivity contribution in [1.29, 1.82) is 0 Å². The molecule has 1 aromatic heterocycles. The number of nitrogens with zero attached hydrogens (tertiary/aromatic N) is 1. The average molecular weight is 236 g/mol. The van der Waals surface area contributed by atoms with E-state index in [2.05, 4.69) is 4.98 Å². The number of aromatic nitrogens is 1. The van der Waals surface area contributed by atoms with Crippen LogP contribution in [-0.2, 0) is 6.54 Å². The van der Waals surface area contributed by atoms with E-state index in [1.54, 1.807) is 24.3 Å². The Morgan fingerprint density at radius 3 is 2.71 bits per heavy atom. The molecular weight excluding hydrogens is 226 g/mol. The van der Waals surface area contributed by atoms with Crippen LogP contribution in [0.2, 0.25) is 0 Å². The highest BCUT2D eigenvalue weighted by Gasteiger charge is 2.09. The first kappa shape index (κ1) is 11.5. The minimum absolute atomic E-state index is 0.263. The van der Waals surface area contributed by atoms with Crippen molar-refractivity contribution in [3.8, 4) is 11.6 Å². The van der Waals surface area contributed by atoms with E-state index in [1.807, 2.05) is 0 Å². The van der Waals surface area contributed by atoms with Crippen LogP contribution in [-0.4, -0.2) is 4.98 Å². The molecule has 0 atom stereocenters. The summed E-state index contributed by atoms with van der Waals surface area (Å²) in [6.45, 7) is 0.263. The molecule has 1 heterocycles. The third-order valence-electron chi connectivity index (χ3n) is 2.17. The second-order valence-electron chi connectivity index (χ2n) is 3.35. The minimum atomic E-state index is -0.850. The largest absolute Gasteiger partial charge is 0.436 e.